The number of carboxylic acid groups (broad SMARTS) is 1. The van der Waals surface area contributed by atoms with E-state index in [1.165, 1.54) is 0 Å². The van der Waals surface area contributed by atoms with Gasteiger partial charge in [-0.25, -0.2) is 4.79 Å². The Hall–Kier alpha value is -1.14. The van der Waals surface area contributed by atoms with E-state index >= 15 is 0 Å². The third kappa shape index (κ3) is 4.75. The fraction of sp³-hybridized carbons (Fsp3) is 0.778. The first-order valence-corrected chi connectivity index (χ1v) is 4.79. The summed E-state index contributed by atoms with van der Waals surface area (Å²) in [5.41, 5.74) is 5.50. The van der Waals surface area contributed by atoms with Crippen molar-refractivity contribution in [2.24, 2.45) is 11.7 Å². The smallest absolute Gasteiger partial charge is 0.326 e. The van der Waals surface area contributed by atoms with Gasteiger partial charge in [-0.1, -0.05) is 6.92 Å². The molecular formula is C9H18N2O4. The first-order chi connectivity index (χ1) is 6.90. The van der Waals surface area contributed by atoms with Crippen LogP contribution in [0, 0.1) is 5.92 Å². The lowest BCUT2D eigenvalue weighted by Crippen LogP contribution is -2.46. The van der Waals surface area contributed by atoms with Gasteiger partial charge in [-0.2, -0.15) is 0 Å². The predicted octanol–water partition coefficient (Wildman–Crippen LogP) is -1.08. The van der Waals surface area contributed by atoms with Crippen LogP contribution < -0.4 is 11.1 Å². The average Bonchev–Trinajstić information content (AvgIpc) is 2.15. The molecule has 6 nitrogen and oxygen atoms in total. The number of aliphatic hydroxyl groups is 1. The van der Waals surface area contributed by atoms with Crippen LogP contribution in [0.1, 0.15) is 20.3 Å². The van der Waals surface area contributed by atoms with Crippen LogP contribution in [0.3, 0.4) is 0 Å². The summed E-state index contributed by atoms with van der Waals surface area (Å²) in [6.45, 7) is 3.01. The van der Waals surface area contributed by atoms with E-state index in [9.17, 15) is 9.59 Å². The molecule has 0 heterocycles. The molecule has 0 fully saturated rings. The van der Waals surface area contributed by atoms with Crippen molar-refractivity contribution in [3.05, 3.63) is 0 Å². The number of aliphatic carboxylic acids is 1. The van der Waals surface area contributed by atoms with Crippen molar-refractivity contribution in [1.29, 1.82) is 0 Å². The Balaban J connectivity index is 4.28. The molecule has 0 spiro atoms. The van der Waals surface area contributed by atoms with E-state index in [0.717, 1.165) is 0 Å². The zero-order valence-electron chi connectivity index (χ0n) is 8.93. The molecule has 0 radical (unpaired) electrons. The number of amides is 1. The molecule has 0 aromatic heterocycles. The summed E-state index contributed by atoms with van der Waals surface area (Å²) in [6.07, 6.45) is -0.00720. The summed E-state index contributed by atoms with van der Waals surface area (Å²) < 4.78 is 0. The maximum atomic E-state index is 11.4. The summed E-state index contributed by atoms with van der Waals surface area (Å²) >= 11 is 0. The van der Waals surface area contributed by atoms with Crippen molar-refractivity contribution >= 4 is 11.9 Å². The van der Waals surface area contributed by atoms with E-state index in [2.05, 4.69) is 5.32 Å². The van der Waals surface area contributed by atoms with Gasteiger partial charge < -0.3 is 21.3 Å². The zero-order valence-corrected chi connectivity index (χ0v) is 8.93. The maximum Gasteiger partial charge on any atom is 0.326 e. The van der Waals surface area contributed by atoms with Crippen LogP contribution in [0.15, 0.2) is 0 Å². The number of nitrogens with one attached hydrogen (secondary N) is 1. The van der Waals surface area contributed by atoms with Gasteiger partial charge in [-0.15, -0.1) is 0 Å². The lowest BCUT2D eigenvalue weighted by atomic mass is 10.0. The lowest BCUT2D eigenvalue weighted by Gasteiger charge is -2.19. The second kappa shape index (κ2) is 6.36. The van der Waals surface area contributed by atoms with Crippen molar-refractivity contribution in [2.75, 3.05) is 6.61 Å². The van der Waals surface area contributed by atoms with E-state index in [4.69, 9.17) is 15.9 Å². The number of carbonyl (C=O) groups is 2. The van der Waals surface area contributed by atoms with E-state index in [0.29, 0.717) is 0 Å². The van der Waals surface area contributed by atoms with Crippen LogP contribution in [-0.2, 0) is 9.59 Å². The van der Waals surface area contributed by atoms with Gasteiger partial charge in [0, 0.05) is 25.0 Å². The molecule has 0 aliphatic rings. The van der Waals surface area contributed by atoms with Crippen molar-refractivity contribution in [2.45, 2.75) is 32.4 Å². The molecule has 0 rings (SSSR count). The van der Waals surface area contributed by atoms with Gasteiger partial charge in [0.15, 0.2) is 0 Å². The van der Waals surface area contributed by atoms with Gasteiger partial charge in [-0.3, -0.25) is 4.79 Å². The van der Waals surface area contributed by atoms with Gasteiger partial charge in [0.1, 0.15) is 6.04 Å². The average molecular weight is 218 g/mol. The fourth-order valence-electron chi connectivity index (χ4n) is 0.928. The van der Waals surface area contributed by atoms with E-state index in [1.54, 1.807) is 13.8 Å². The molecule has 0 aliphatic carbocycles. The minimum absolute atomic E-state index is 0.00720. The number of carbonyl (C=O) groups excluding carboxylic acids is 1. The number of hydrogen-bond acceptors (Lipinski definition) is 4. The highest BCUT2D eigenvalue weighted by atomic mass is 16.4. The van der Waals surface area contributed by atoms with Gasteiger partial charge >= 0.3 is 5.97 Å². The first-order valence-electron chi connectivity index (χ1n) is 4.79. The van der Waals surface area contributed by atoms with Crippen LogP contribution in [0.5, 0.6) is 0 Å². The summed E-state index contributed by atoms with van der Waals surface area (Å²) in [7, 11) is 0. The van der Waals surface area contributed by atoms with E-state index < -0.39 is 23.8 Å². The molecule has 0 aromatic rings. The van der Waals surface area contributed by atoms with Crippen LogP contribution in [-0.4, -0.2) is 40.8 Å². The SMILES string of the molecule is CC(N)C(C)C(=O)NC(CCO)C(=O)O. The fourth-order valence-corrected chi connectivity index (χ4v) is 0.928. The topological polar surface area (TPSA) is 113 Å². The van der Waals surface area contributed by atoms with Crippen molar-refractivity contribution in [3.8, 4) is 0 Å². The van der Waals surface area contributed by atoms with Crippen molar-refractivity contribution < 1.29 is 19.8 Å². The Morgan fingerprint density at radius 3 is 2.27 bits per heavy atom. The molecule has 6 heteroatoms. The highest BCUT2D eigenvalue weighted by Gasteiger charge is 2.23. The molecule has 0 aromatic carbocycles. The van der Waals surface area contributed by atoms with Crippen LogP contribution in [0.25, 0.3) is 0 Å². The summed E-state index contributed by atoms with van der Waals surface area (Å²) in [6, 6.07) is -1.39. The minimum Gasteiger partial charge on any atom is -0.480 e. The second-order valence-corrected chi connectivity index (χ2v) is 3.56. The Bertz CT molecular complexity index is 230. The molecule has 0 aliphatic heterocycles. The van der Waals surface area contributed by atoms with Gasteiger partial charge in [0.05, 0.1) is 0 Å². The molecule has 5 N–H and O–H groups in total. The molecule has 3 unspecified atom stereocenters. The minimum atomic E-state index is -1.16. The van der Waals surface area contributed by atoms with Crippen LogP contribution >= 0.6 is 0 Å². The number of aliphatic hydroxyl groups excluding tert-OH is 1. The van der Waals surface area contributed by atoms with Gasteiger partial charge in [0.25, 0.3) is 0 Å². The normalized spacial score (nSPS) is 16.5. The second-order valence-electron chi connectivity index (χ2n) is 3.56. The van der Waals surface area contributed by atoms with E-state index in [1.807, 2.05) is 0 Å². The third-order valence-corrected chi connectivity index (χ3v) is 2.23. The molecule has 0 bridgehead atoms. The van der Waals surface area contributed by atoms with Gasteiger partial charge in [0.2, 0.25) is 5.91 Å². The standard InChI is InChI=1S/C9H18N2O4/c1-5(6(2)10)8(13)11-7(3-4-12)9(14)15/h5-7,12H,3-4,10H2,1-2H3,(H,11,13)(H,14,15). The largest absolute Gasteiger partial charge is 0.480 e. The Morgan fingerprint density at radius 1 is 1.40 bits per heavy atom. The number of carboxylic acids is 1. The van der Waals surface area contributed by atoms with Crippen LogP contribution in [0.4, 0.5) is 0 Å². The van der Waals surface area contributed by atoms with E-state index in [-0.39, 0.29) is 19.1 Å². The Labute approximate surface area is 88.5 Å². The molecule has 15 heavy (non-hydrogen) atoms. The Kier molecular flexibility index (Phi) is 5.88. The number of nitrogens with two attached hydrogens (primary N) is 1. The zero-order chi connectivity index (χ0) is 12.0. The van der Waals surface area contributed by atoms with Crippen molar-refractivity contribution in [3.63, 3.8) is 0 Å². The Morgan fingerprint density at radius 2 is 1.93 bits per heavy atom. The van der Waals surface area contributed by atoms with Crippen molar-refractivity contribution in [1.82, 2.24) is 5.32 Å². The first kappa shape index (κ1) is 13.9. The maximum absolute atomic E-state index is 11.4. The van der Waals surface area contributed by atoms with Crippen LogP contribution in [0.2, 0.25) is 0 Å². The quantitative estimate of drug-likeness (QED) is 0.453. The van der Waals surface area contributed by atoms with Gasteiger partial charge in [-0.05, 0) is 6.92 Å². The molecule has 3 atom stereocenters. The molecule has 0 saturated heterocycles. The summed E-state index contributed by atoms with van der Waals surface area (Å²) in [5, 5.41) is 19.6. The molecular weight excluding hydrogens is 200 g/mol. The third-order valence-electron chi connectivity index (χ3n) is 2.23. The summed E-state index contributed by atoms with van der Waals surface area (Å²) in [5.74, 6) is -2.02. The predicted molar refractivity (Wildman–Crippen MR) is 54.1 cm³/mol. The number of rotatable bonds is 6. The monoisotopic (exact) mass is 218 g/mol. The lowest BCUT2D eigenvalue weighted by molar-refractivity contribution is -0.142. The molecule has 0 saturated carbocycles. The highest BCUT2D eigenvalue weighted by Crippen LogP contribution is 2.01. The molecule has 88 valence electrons. The summed E-state index contributed by atoms with van der Waals surface area (Å²) in [4.78, 5) is 22.1. The molecule has 1 amide bonds. The number of hydrogen-bond donors (Lipinski definition) is 4. The highest BCUT2D eigenvalue weighted by molar-refractivity contribution is 5.85.